The molecule has 2 rings (SSSR count). The lowest BCUT2D eigenvalue weighted by Crippen LogP contribution is -2.05. The highest BCUT2D eigenvalue weighted by molar-refractivity contribution is 5.51. The fourth-order valence-corrected chi connectivity index (χ4v) is 1.36. The molecule has 1 N–H and O–H groups in total. The van der Waals surface area contributed by atoms with E-state index in [1.54, 1.807) is 18.2 Å². The van der Waals surface area contributed by atoms with E-state index in [-0.39, 0.29) is 18.0 Å². The van der Waals surface area contributed by atoms with Crippen LogP contribution in [0.25, 0.3) is 5.69 Å². The van der Waals surface area contributed by atoms with Gasteiger partial charge in [0.1, 0.15) is 5.69 Å². The maximum Gasteiger partial charge on any atom is 0.294 e. The minimum absolute atomic E-state index is 0.0808. The summed E-state index contributed by atoms with van der Waals surface area (Å²) >= 11 is 0. The molecule has 82 valence electrons. The molecule has 0 spiro atoms. The Kier molecular flexibility index (Phi) is 2.61. The van der Waals surface area contributed by atoms with Gasteiger partial charge in [0.15, 0.2) is 0 Å². The lowest BCUT2D eigenvalue weighted by molar-refractivity contribution is -0.384. The summed E-state index contributed by atoms with van der Waals surface area (Å²) in [6, 6.07) is 6.15. The number of rotatable bonds is 3. The van der Waals surface area contributed by atoms with Crippen molar-refractivity contribution in [3.8, 4) is 5.69 Å². The van der Waals surface area contributed by atoms with Crippen molar-refractivity contribution in [2.45, 2.75) is 6.61 Å². The number of nitrogens with zero attached hydrogens (tertiary/aromatic N) is 4. The van der Waals surface area contributed by atoms with Gasteiger partial charge in [0, 0.05) is 6.07 Å². The third-order valence-electron chi connectivity index (χ3n) is 2.09. The van der Waals surface area contributed by atoms with Gasteiger partial charge in [-0.2, -0.15) is 0 Å². The van der Waals surface area contributed by atoms with Crippen molar-refractivity contribution >= 4 is 5.69 Å². The summed E-state index contributed by atoms with van der Waals surface area (Å²) in [6.07, 6.45) is 1.36. The van der Waals surface area contributed by atoms with Gasteiger partial charge in [0.25, 0.3) is 5.69 Å². The molecule has 0 aliphatic heterocycles. The molecular formula is C9H8N4O3. The fourth-order valence-electron chi connectivity index (χ4n) is 1.36. The minimum atomic E-state index is -0.502. The van der Waals surface area contributed by atoms with E-state index in [0.717, 1.165) is 0 Å². The Balaban J connectivity index is 2.60. The average molecular weight is 220 g/mol. The van der Waals surface area contributed by atoms with Crippen molar-refractivity contribution in [1.29, 1.82) is 0 Å². The zero-order valence-corrected chi connectivity index (χ0v) is 8.15. The molecule has 0 unspecified atom stereocenters. The van der Waals surface area contributed by atoms with Crippen LogP contribution in [0.4, 0.5) is 5.69 Å². The van der Waals surface area contributed by atoms with Crippen LogP contribution >= 0.6 is 0 Å². The summed E-state index contributed by atoms with van der Waals surface area (Å²) in [5.41, 5.74) is 0.603. The maximum atomic E-state index is 10.8. The van der Waals surface area contributed by atoms with Gasteiger partial charge in [-0.25, -0.2) is 4.68 Å². The van der Waals surface area contributed by atoms with Crippen LogP contribution in [0.5, 0.6) is 0 Å². The third kappa shape index (κ3) is 1.63. The number of para-hydroxylation sites is 2. The molecule has 0 radical (unpaired) electrons. The van der Waals surface area contributed by atoms with Crippen LogP contribution in [0, 0.1) is 10.1 Å². The normalized spacial score (nSPS) is 10.3. The zero-order chi connectivity index (χ0) is 11.5. The summed E-state index contributed by atoms with van der Waals surface area (Å²) < 4.78 is 1.25. The first kappa shape index (κ1) is 10.2. The first-order valence-electron chi connectivity index (χ1n) is 4.48. The molecule has 0 saturated heterocycles. The van der Waals surface area contributed by atoms with Crippen LogP contribution in [0.1, 0.15) is 5.69 Å². The molecule has 0 saturated carbocycles. The molecule has 7 nitrogen and oxygen atoms in total. The fraction of sp³-hybridized carbons (Fsp3) is 0.111. The number of benzene rings is 1. The topological polar surface area (TPSA) is 94.1 Å². The lowest BCUT2D eigenvalue weighted by Gasteiger charge is -2.04. The Morgan fingerprint density at radius 2 is 2.19 bits per heavy atom. The molecule has 0 aliphatic rings. The van der Waals surface area contributed by atoms with E-state index in [1.165, 1.54) is 16.9 Å². The largest absolute Gasteiger partial charge is 0.390 e. The smallest absolute Gasteiger partial charge is 0.294 e. The van der Waals surface area contributed by atoms with Crippen LogP contribution in [0.3, 0.4) is 0 Å². The molecule has 16 heavy (non-hydrogen) atoms. The van der Waals surface area contributed by atoms with Gasteiger partial charge >= 0.3 is 0 Å². The van der Waals surface area contributed by atoms with E-state index in [9.17, 15) is 10.1 Å². The van der Waals surface area contributed by atoms with Crippen molar-refractivity contribution in [2.75, 3.05) is 0 Å². The molecule has 0 bridgehead atoms. The van der Waals surface area contributed by atoms with Gasteiger partial charge in [0.05, 0.1) is 23.4 Å². The van der Waals surface area contributed by atoms with Crippen LogP contribution < -0.4 is 0 Å². The average Bonchev–Trinajstić information content (AvgIpc) is 2.76. The Labute approximate surface area is 90.1 Å². The number of hydrogen-bond acceptors (Lipinski definition) is 5. The standard InChI is InChI=1S/C9H8N4O3/c14-6-7-5-10-11-12(7)8-3-1-2-4-9(8)13(15)16/h1-5,14H,6H2. The summed E-state index contributed by atoms with van der Waals surface area (Å²) in [6.45, 7) is -0.279. The number of nitro benzene ring substituents is 1. The van der Waals surface area contributed by atoms with Gasteiger partial charge in [-0.05, 0) is 6.07 Å². The molecule has 1 heterocycles. The Morgan fingerprint density at radius 3 is 2.88 bits per heavy atom. The predicted octanol–water partition coefficient (Wildman–Crippen LogP) is 0.668. The quantitative estimate of drug-likeness (QED) is 0.605. The van der Waals surface area contributed by atoms with Gasteiger partial charge in [0.2, 0.25) is 0 Å². The number of aromatic nitrogens is 3. The number of nitro groups is 1. The first-order chi connectivity index (χ1) is 7.74. The molecule has 0 aliphatic carbocycles. The van der Waals surface area contributed by atoms with Crippen molar-refractivity contribution in [3.63, 3.8) is 0 Å². The molecular weight excluding hydrogens is 212 g/mol. The lowest BCUT2D eigenvalue weighted by atomic mass is 10.2. The third-order valence-corrected chi connectivity index (χ3v) is 2.09. The number of aliphatic hydroxyl groups is 1. The Hall–Kier alpha value is -2.28. The van der Waals surface area contributed by atoms with E-state index in [2.05, 4.69) is 10.3 Å². The Bertz CT molecular complexity index is 523. The molecule has 2 aromatic rings. The minimum Gasteiger partial charge on any atom is -0.390 e. The van der Waals surface area contributed by atoms with E-state index in [1.807, 2.05) is 0 Å². The second kappa shape index (κ2) is 4.07. The number of aliphatic hydroxyl groups excluding tert-OH is 1. The molecule has 1 aromatic heterocycles. The van der Waals surface area contributed by atoms with E-state index >= 15 is 0 Å². The highest BCUT2D eigenvalue weighted by atomic mass is 16.6. The summed E-state index contributed by atoms with van der Waals surface area (Å²) in [7, 11) is 0. The van der Waals surface area contributed by atoms with Gasteiger partial charge in [-0.3, -0.25) is 10.1 Å². The molecule has 0 amide bonds. The highest BCUT2D eigenvalue weighted by Crippen LogP contribution is 2.22. The summed E-state index contributed by atoms with van der Waals surface area (Å²) in [5, 5.41) is 27.1. The second-order valence-electron chi connectivity index (χ2n) is 3.04. The van der Waals surface area contributed by atoms with Gasteiger partial charge in [-0.1, -0.05) is 17.3 Å². The molecule has 0 fully saturated rings. The van der Waals surface area contributed by atoms with Crippen molar-refractivity contribution in [3.05, 3.63) is 46.3 Å². The Morgan fingerprint density at radius 1 is 1.44 bits per heavy atom. The molecule has 1 aromatic carbocycles. The monoisotopic (exact) mass is 220 g/mol. The highest BCUT2D eigenvalue weighted by Gasteiger charge is 2.16. The van der Waals surface area contributed by atoms with E-state index in [0.29, 0.717) is 5.69 Å². The van der Waals surface area contributed by atoms with Crippen LogP contribution in [0.2, 0.25) is 0 Å². The van der Waals surface area contributed by atoms with E-state index in [4.69, 9.17) is 5.11 Å². The summed E-state index contributed by atoms with van der Waals surface area (Å²) in [4.78, 5) is 10.3. The van der Waals surface area contributed by atoms with Gasteiger partial charge in [-0.15, -0.1) is 5.10 Å². The maximum absolute atomic E-state index is 10.8. The van der Waals surface area contributed by atoms with Crippen molar-refractivity contribution < 1.29 is 10.0 Å². The van der Waals surface area contributed by atoms with Crippen LogP contribution in [-0.4, -0.2) is 25.0 Å². The van der Waals surface area contributed by atoms with Crippen molar-refractivity contribution in [1.82, 2.24) is 15.0 Å². The zero-order valence-electron chi connectivity index (χ0n) is 8.15. The first-order valence-corrected chi connectivity index (χ1v) is 4.48. The van der Waals surface area contributed by atoms with E-state index < -0.39 is 4.92 Å². The molecule has 7 heteroatoms. The number of hydrogen-bond donors (Lipinski definition) is 1. The predicted molar refractivity (Wildman–Crippen MR) is 53.9 cm³/mol. The van der Waals surface area contributed by atoms with Crippen molar-refractivity contribution in [2.24, 2.45) is 0 Å². The summed E-state index contributed by atoms with van der Waals surface area (Å²) in [5.74, 6) is 0. The second-order valence-corrected chi connectivity index (χ2v) is 3.04. The van der Waals surface area contributed by atoms with Crippen LogP contribution in [-0.2, 0) is 6.61 Å². The SMILES string of the molecule is O=[N+]([O-])c1ccccc1-n1nncc1CO. The van der Waals surface area contributed by atoms with Gasteiger partial charge < -0.3 is 5.11 Å². The molecule has 0 atom stereocenters. The van der Waals surface area contributed by atoms with Crippen LogP contribution in [0.15, 0.2) is 30.5 Å².